The van der Waals surface area contributed by atoms with Gasteiger partial charge in [-0.15, -0.1) is 0 Å². The summed E-state index contributed by atoms with van der Waals surface area (Å²) in [6, 6.07) is 3.68. The van der Waals surface area contributed by atoms with Crippen molar-refractivity contribution in [3.63, 3.8) is 0 Å². The maximum absolute atomic E-state index is 5.99. The van der Waals surface area contributed by atoms with Crippen molar-refractivity contribution in [1.82, 2.24) is 24.7 Å². The zero-order valence-electron chi connectivity index (χ0n) is 11.8. The number of anilines is 2. The number of ether oxygens (including phenoxy) is 1. The van der Waals surface area contributed by atoms with E-state index in [1.165, 1.54) is 0 Å². The Morgan fingerprint density at radius 3 is 2.71 bits per heavy atom. The summed E-state index contributed by atoms with van der Waals surface area (Å²) in [7, 11) is 5.29. The quantitative estimate of drug-likeness (QED) is 0.691. The monoisotopic (exact) mass is 304 g/mol. The average molecular weight is 305 g/mol. The number of hydrogen-bond acceptors (Lipinski definition) is 6. The summed E-state index contributed by atoms with van der Waals surface area (Å²) in [6.45, 7) is 0. The van der Waals surface area contributed by atoms with Gasteiger partial charge in [0.15, 0.2) is 5.82 Å². The van der Waals surface area contributed by atoms with Crippen molar-refractivity contribution in [2.45, 2.75) is 0 Å². The third-order valence-corrected chi connectivity index (χ3v) is 3.33. The van der Waals surface area contributed by atoms with E-state index in [-0.39, 0.29) is 5.28 Å². The Morgan fingerprint density at radius 2 is 2.05 bits per heavy atom. The smallest absolute Gasteiger partial charge is 0.225 e. The van der Waals surface area contributed by atoms with Crippen LogP contribution in [0.5, 0.6) is 5.75 Å². The molecule has 0 amide bonds. The Labute approximate surface area is 126 Å². The van der Waals surface area contributed by atoms with E-state index in [1.807, 2.05) is 31.1 Å². The molecule has 7 nitrogen and oxygen atoms in total. The third-order valence-electron chi connectivity index (χ3n) is 3.16. The highest BCUT2D eigenvalue weighted by atomic mass is 35.5. The highest BCUT2D eigenvalue weighted by Gasteiger charge is 2.16. The van der Waals surface area contributed by atoms with Gasteiger partial charge in [0.25, 0.3) is 0 Å². The number of aromatic nitrogens is 5. The molecule has 3 rings (SSSR count). The van der Waals surface area contributed by atoms with Crippen molar-refractivity contribution in [2.75, 3.05) is 19.1 Å². The summed E-state index contributed by atoms with van der Waals surface area (Å²) in [5.41, 5.74) is 1.48. The van der Waals surface area contributed by atoms with Crippen LogP contribution in [0.4, 0.5) is 11.6 Å². The largest absolute Gasteiger partial charge is 0.495 e. The molecule has 0 saturated carbocycles. The van der Waals surface area contributed by atoms with Crippen LogP contribution in [0.2, 0.25) is 5.28 Å². The molecule has 0 aliphatic rings. The molecule has 108 valence electrons. The van der Waals surface area contributed by atoms with Crippen LogP contribution in [0.15, 0.2) is 24.5 Å². The Morgan fingerprint density at radius 1 is 1.24 bits per heavy atom. The van der Waals surface area contributed by atoms with E-state index in [9.17, 15) is 0 Å². The lowest BCUT2D eigenvalue weighted by atomic mass is 10.3. The number of halogens is 1. The summed E-state index contributed by atoms with van der Waals surface area (Å²) >= 11 is 5.99. The molecular weight excluding hydrogens is 292 g/mol. The first-order chi connectivity index (χ1) is 10.1. The average Bonchev–Trinajstić information content (AvgIpc) is 2.87. The van der Waals surface area contributed by atoms with Crippen LogP contribution in [0, 0.1) is 0 Å². The minimum absolute atomic E-state index is 0.172. The highest BCUT2D eigenvalue weighted by molar-refractivity contribution is 6.28. The molecule has 0 fully saturated rings. The van der Waals surface area contributed by atoms with Crippen LogP contribution in [-0.4, -0.2) is 38.9 Å². The first-order valence-electron chi connectivity index (χ1n) is 6.19. The van der Waals surface area contributed by atoms with Gasteiger partial charge in [-0.1, -0.05) is 0 Å². The molecular formula is C13H13ClN6O. The number of fused-ring (bicyclic) bond motifs is 1. The molecule has 0 saturated heterocycles. The van der Waals surface area contributed by atoms with Gasteiger partial charge in [0.05, 0.1) is 19.5 Å². The van der Waals surface area contributed by atoms with Crippen LogP contribution in [0.3, 0.4) is 0 Å². The molecule has 0 spiro atoms. The Hall–Kier alpha value is -2.41. The Kier molecular flexibility index (Phi) is 3.34. The molecule has 0 bridgehead atoms. The van der Waals surface area contributed by atoms with Crippen LogP contribution in [0.1, 0.15) is 0 Å². The molecule has 0 aliphatic heterocycles. The molecule has 0 aliphatic carbocycles. The normalized spacial score (nSPS) is 10.9. The number of nitrogens with zero attached hydrogens (tertiary/aromatic N) is 6. The lowest BCUT2D eigenvalue weighted by molar-refractivity contribution is 0.413. The second-order valence-electron chi connectivity index (χ2n) is 4.43. The minimum atomic E-state index is 0.172. The van der Waals surface area contributed by atoms with E-state index < -0.39 is 0 Å². The van der Waals surface area contributed by atoms with Gasteiger partial charge in [-0.05, 0) is 23.7 Å². The van der Waals surface area contributed by atoms with Crippen molar-refractivity contribution in [3.8, 4) is 5.75 Å². The molecule has 3 aromatic rings. The van der Waals surface area contributed by atoms with E-state index in [4.69, 9.17) is 16.3 Å². The van der Waals surface area contributed by atoms with E-state index >= 15 is 0 Å². The number of rotatable bonds is 3. The maximum Gasteiger partial charge on any atom is 0.225 e. The van der Waals surface area contributed by atoms with Gasteiger partial charge in [0.2, 0.25) is 5.28 Å². The zero-order chi connectivity index (χ0) is 15.0. The number of aryl methyl sites for hydroxylation is 1. The fraction of sp³-hybridized carbons (Fsp3) is 0.231. The SMILES string of the molecule is COc1ccc(N(C)c2nc(Cl)nc3cnn(C)c23)nc1. The van der Waals surface area contributed by atoms with Crippen molar-refractivity contribution >= 4 is 34.3 Å². The number of hydrogen-bond donors (Lipinski definition) is 0. The molecule has 0 aromatic carbocycles. The van der Waals surface area contributed by atoms with Crippen LogP contribution >= 0.6 is 11.6 Å². The fourth-order valence-corrected chi connectivity index (χ4v) is 2.24. The second kappa shape index (κ2) is 5.17. The molecule has 0 atom stereocenters. The summed E-state index contributed by atoms with van der Waals surface area (Å²) in [5, 5.41) is 4.36. The molecule has 0 radical (unpaired) electrons. The zero-order valence-corrected chi connectivity index (χ0v) is 12.5. The lowest BCUT2D eigenvalue weighted by Crippen LogP contribution is -2.14. The Balaban J connectivity index is 2.11. The van der Waals surface area contributed by atoms with Gasteiger partial charge in [-0.2, -0.15) is 10.1 Å². The van der Waals surface area contributed by atoms with Gasteiger partial charge in [-0.25, -0.2) is 9.97 Å². The molecule has 3 aromatic heterocycles. The van der Waals surface area contributed by atoms with E-state index in [0.29, 0.717) is 22.9 Å². The summed E-state index contributed by atoms with van der Waals surface area (Å²) in [6.07, 6.45) is 3.30. The van der Waals surface area contributed by atoms with E-state index in [2.05, 4.69) is 20.1 Å². The predicted octanol–water partition coefficient (Wildman–Crippen LogP) is 2.19. The predicted molar refractivity (Wildman–Crippen MR) is 80.2 cm³/mol. The standard InChI is InChI=1S/C13H13ClN6O/c1-19(10-5-4-8(21-3)6-15-10)12-11-9(7-16-20(11)2)17-13(14)18-12/h4-7H,1-3H3. The maximum atomic E-state index is 5.99. The van der Waals surface area contributed by atoms with Gasteiger partial charge in [0, 0.05) is 14.1 Å². The Bertz CT molecular complexity index is 785. The highest BCUT2D eigenvalue weighted by Crippen LogP contribution is 2.28. The molecule has 8 heteroatoms. The summed E-state index contributed by atoms with van der Waals surface area (Å²) in [5.74, 6) is 2.05. The third kappa shape index (κ3) is 2.36. The topological polar surface area (TPSA) is 69.0 Å². The van der Waals surface area contributed by atoms with Crippen molar-refractivity contribution in [2.24, 2.45) is 7.05 Å². The first kappa shape index (κ1) is 13.6. The van der Waals surface area contributed by atoms with E-state index in [0.717, 1.165) is 5.52 Å². The minimum Gasteiger partial charge on any atom is -0.495 e. The van der Waals surface area contributed by atoms with Gasteiger partial charge in [-0.3, -0.25) is 4.68 Å². The summed E-state index contributed by atoms with van der Waals surface area (Å²) in [4.78, 5) is 14.6. The molecule has 0 N–H and O–H groups in total. The number of methoxy groups -OCH3 is 1. The number of pyridine rings is 1. The van der Waals surface area contributed by atoms with Crippen LogP contribution in [-0.2, 0) is 7.05 Å². The summed E-state index contributed by atoms with van der Waals surface area (Å²) < 4.78 is 6.82. The van der Waals surface area contributed by atoms with Gasteiger partial charge >= 0.3 is 0 Å². The molecule has 3 heterocycles. The van der Waals surface area contributed by atoms with Crippen molar-refractivity contribution in [3.05, 3.63) is 29.8 Å². The first-order valence-corrected chi connectivity index (χ1v) is 6.57. The second-order valence-corrected chi connectivity index (χ2v) is 4.77. The van der Waals surface area contributed by atoms with E-state index in [1.54, 1.807) is 24.2 Å². The van der Waals surface area contributed by atoms with Gasteiger partial charge < -0.3 is 9.64 Å². The molecule has 21 heavy (non-hydrogen) atoms. The lowest BCUT2D eigenvalue weighted by Gasteiger charge is -2.18. The van der Waals surface area contributed by atoms with Crippen LogP contribution < -0.4 is 9.64 Å². The van der Waals surface area contributed by atoms with Crippen LogP contribution in [0.25, 0.3) is 11.0 Å². The van der Waals surface area contributed by atoms with Gasteiger partial charge in [0.1, 0.15) is 22.6 Å². The van der Waals surface area contributed by atoms with Crippen molar-refractivity contribution in [1.29, 1.82) is 0 Å². The fourth-order valence-electron chi connectivity index (χ4n) is 2.07. The van der Waals surface area contributed by atoms with Crippen molar-refractivity contribution < 1.29 is 4.74 Å². The molecule has 0 unspecified atom stereocenters.